The van der Waals surface area contributed by atoms with E-state index in [2.05, 4.69) is 177 Å². The molecule has 0 unspecified atom stereocenters. The Kier molecular flexibility index (Phi) is 8.95. The average molecular weight is 805 g/mol. The summed E-state index contributed by atoms with van der Waals surface area (Å²) in [6.07, 6.45) is 6.09. The molecule has 0 aliphatic carbocycles. The van der Waals surface area contributed by atoms with Crippen LogP contribution in [-0.2, 0) is 0 Å². The van der Waals surface area contributed by atoms with Crippen LogP contribution in [0.3, 0.4) is 0 Å². The first-order valence-electron chi connectivity index (χ1n) is 20.1. The summed E-state index contributed by atoms with van der Waals surface area (Å²) in [5.74, 6) is 1.90. The number of nitrogens with zero attached hydrogens (tertiary/aromatic N) is 4. The smallest absolute Gasteiger partial charge is 0.164 e. The molecule has 0 fully saturated rings. The molecule has 0 N–H and O–H groups in total. The molecule has 60 heavy (non-hydrogen) atoms. The lowest BCUT2D eigenvalue weighted by molar-refractivity contribution is 1.03. The van der Waals surface area contributed by atoms with E-state index in [0.29, 0.717) is 17.5 Å². The lowest BCUT2D eigenvalue weighted by atomic mass is 9.98. The van der Waals surface area contributed by atoms with Crippen molar-refractivity contribution in [1.82, 2.24) is 19.9 Å². The van der Waals surface area contributed by atoms with Crippen molar-refractivity contribution < 1.29 is 0 Å². The maximum atomic E-state index is 5.35. The number of thiophene rings is 2. The summed E-state index contributed by atoms with van der Waals surface area (Å²) >= 11 is 3.65. The third-order valence-corrected chi connectivity index (χ3v) is 13.6. The van der Waals surface area contributed by atoms with Gasteiger partial charge in [0, 0.05) is 57.7 Å². The van der Waals surface area contributed by atoms with Crippen molar-refractivity contribution in [2.45, 2.75) is 13.8 Å². The SMILES string of the molecule is C/C=C\C=C(/C)c1nc(-c2ccc(-c3nc4ccc(-c5ccccc5)cc4c4c3sc3ccccc34)cc2)nc(-c2cccc(-c3cccc4c3sc3ccccc34)c2)n1. The third-order valence-electron chi connectivity index (χ3n) is 11.2. The first kappa shape index (κ1) is 36.0. The van der Waals surface area contributed by atoms with Crippen molar-refractivity contribution in [1.29, 1.82) is 0 Å². The largest absolute Gasteiger partial charge is 0.246 e. The van der Waals surface area contributed by atoms with Crippen molar-refractivity contribution in [2.75, 3.05) is 0 Å². The summed E-state index contributed by atoms with van der Waals surface area (Å²) < 4.78 is 5.01. The molecule has 7 aromatic carbocycles. The van der Waals surface area contributed by atoms with E-state index < -0.39 is 0 Å². The maximum absolute atomic E-state index is 5.35. The summed E-state index contributed by atoms with van der Waals surface area (Å²) in [4.78, 5) is 20.6. The van der Waals surface area contributed by atoms with Gasteiger partial charge in [-0.25, -0.2) is 19.9 Å². The molecule has 4 nitrogen and oxygen atoms in total. The summed E-state index contributed by atoms with van der Waals surface area (Å²) in [6.45, 7) is 4.06. The molecule has 4 heterocycles. The fourth-order valence-corrected chi connectivity index (χ4v) is 10.7. The van der Waals surface area contributed by atoms with Gasteiger partial charge in [0.1, 0.15) is 0 Å². The molecular weight excluding hydrogens is 769 g/mol. The highest BCUT2D eigenvalue weighted by molar-refractivity contribution is 7.26. The Morgan fingerprint density at radius 3 is 1.92 bits per heavy atom. The van der Waals surface area contributed by atoms with Gasteiger partial charge in [-0.05, 0) is 72.0 Å². The molecule has 11 aromatic rings. The number of pyridine rings is 1. The molecule has 4 aromatic heterocycles. The fraction of sp³-hybridized carbons (Fsp3) is 0.0370. The molecular formula is C54H36N4S2. The molecule has 0 amide bonds. The topological polar surface area (TPSA) is 51.6 Å². The second-order valence-corrected chi connectivity index (χ2v) is 17.1. The molecule has 0 spiro atoms. The maximum Gasteiger partial charge on any atom is 0.164 e. The van der Waals surface area contributed by atoms with Gasteiger partial charge in [0.2, 0.25) is 0 Å². The summed E-state index contributed by atoms with van der Waals surface area (Å²) in [5.41, 5.74) is 10.5. The van der Waals surface area contributed by atoms with E-state index in [1.54, 1.807) is 11.3 Å². The fourth-order valence-electron chi connectivity index (χ4n) is 8.19. The van der Waals surface area contributed by atoms with Gasteiger partial charge >= 0.3 is 0 Å². The van der Waals surface area contributed by atoms with Crippen molar-refractivity contribution in [2.24, 2.45) is 0 Å². The van der Waals surface area contributed by atoms with Crippen LogP contribution in [0.2, 0.25) is 0 Å². The Morgan fingerprint density at radius 1 is 0.467 bits per heavy atom. The molecule has 11 rings (SSSR count). The van der Waals surface area contributed by atoms with Crippen LogP contribution in [0.15, 0.2) is 182 Å². The molecule has 0 saturated heterocycles. The Hall–Kier alpha value is -7.12. The van der Waals surface area contributed by atoms with Gasteiger partial charge in [-0.1, -0.05) is 152 Å². The molecule has 0 radical (unpaired) electrons. The van der Waals surface area contributed by atoms with Gasteiger partial charge in [0.05, 0.1) is 15.9 Å². The molecule has 0 saturated carbocycles. The van der Waals surface area contributed by atoms with Gasteiger partial charge in [0.15, 0.2) is 17.5 Å². The van der Waals surface area contributed by atoms with Crippen LogP contribution in [0.5, 0.6) is 0 Å². The normalized spacial score (nSPS) is 12.2. The van der Waals surface area contributed by atoms with Crippen LogP contribution in [-0.4, -0.2) is 19.9 Å². The van der Waals surface area contributed by atoms with Crippen LogP contribution in [0.1, 0.15) is 19.7 Å². The predicted octanol–water partition coefficient (Wildman–Crippen LogP) is 15.5. The van der Waals surface area contributed by atoms with Crippen molar-refractivity contribution in [3.8, 4) is 56.3 Å². The van der Waals surface area contributed by atoms with Gasteiger partial charge in [-0.15, -0.1) is 22.7 Å². The second kappa shape index (κ2) is 14.9. The number of hydrogen-bond donors (Lipinski definition) is 0. The zero-order chi connectivity index (χ0) is 40.2. The Balaban J connectivity index is 1.02. The standard InChI is InChI=1S/C54H36N4S2/c1-3-4-14-33(2)52-56-53(58-54(57-52)39-18-12-17-38(31-39)40-21-13-22-42-41-19-8-10-23-46(41)59-50(40)42)36-27-25-35(26-28-36)49-51-48(43-20-9-11-24-47(43)60-51)44-32-37(29-30-45(44)55-49)34-15-6-5-7-16-34/h3-32H,1-2H3/b4-3-,33-14+. The number of benzene rings is 7. The average Bonchev–Trinajstić information content (AvgIpc) is 3.90. The van der Waals surface area contributed by atoms with Crippen LogP contribution in [0.25, 0.3) is 113 Å². The van der Waals surface area contributed by atoms with Crippen molar-refractivity contribution >= 4 is 79.5 Å². The van der Waals surface area contributed by atoms with E-state index in [9.17, 15) is 0 Å². The zero-order valence-corrected chi connectivity index (χ0v) is 34.6. The van der Waals surface area contributed by atoms with E-state index in [1.807, 2.05) is 30.4 Å². The van der Waals surface area contributed by atoms with E-state index in [4.69, 9.17) is 19.9 Å². The van der Waals surface area contributed by atoms with Crippen LogP contribution < -0.4 is 0 Å². The number of fused-ring (bicyclic) bond motifs is 8. The molecule has 0 atom stereocenters. The summed E-state index contributed by atoms with van der Waals surface area (Å²) in [7, 11) is 0. The first-order valence-corrected chi connectivity index (χ1v) is 21.7. The van der Waals surface area contributed by atoms with Crippen molar-refractivity contribution in [3.05, 3.63) is 188 Å². The number of allylic oxidation sites excluding steroid dienone is 4. The van der Waals surface area contributed by atoms with Gasteiger partial charge in [0.25, 0.3) is 0 Å². The summed E-state index contributed by atoms with van der Waals surface area (Å²) in [6, 6.07) is 58.3. The second-order valence-electron chi connectivity index (χ2n) is 15.0. The van der Waals surface area contributed by atoms with E-state index >= 15 is 0 Å². The highest BCUT2D eigenvalue weighted by atomic mass is 32.1. The number of aromatic nitrogens is 4. The third kappa shape index (κ3) is 6.29. The highest BCUT2D eigenvalue weighted by Gasteiger charge is 2.19. The first-order chi connectivity index (χ1) is 29.6. The van der Waals surface area contributed by atoms with Crippen LogP contribution in [0.4, 0.5) is 0 Å². The Morgan fingerprint density at radius 2 is 1.10 bits per heavy atom. The van der Waals surface area contributed by atoms with E-state index in [-0.39, 0.29) is 0 Å². The molecule has 0 aliphatic rings. The number of rotatable bonds is 7. The molecule has 0 aliphatic heterocycles. The minimum atomic E-state index is 0.624. The predicted molar refractivity (Wildman–Crippen MR) is 257 cm³/mol. The minimum Gasteiger partial charge on any atom is -0.246 e. The highest BCUT2D eigenvalue weighted by Crippen LogP contribution is 2.44. The molecule has 0 bridgehead atoms. The monoisotopic (exact) mass is 804 g/mol. The minimum absolute atomic E-state index is 0.624. The quantitative estimate of drug-likeness (QED) is 0.151. The van der Waals surface area contributed by atoms with Gasteiger partial charge < -0.3 is 0 Å². The lowest BCUT2D eigenvalue weighted by Crippen LogP contribution is -2.02. The van der Waals surface area contributed by atoms with E-state index in [0.717, 1.165) is 39.0 Å². The summed E-state index contributed by atoms with van der Waals surface area (Å²) in [5, 5.41) is 6.24. The molecule has 6 heteroatoms. The van der Waals surface area contributed by atoms with Gasteiger partial charge in [-0.2, -0.15) is 0 Å². The van der Waals surface area contributed by atoms with Crippen LogP contribution >= 0.6 is 22.7 Å². The van der Waals surface area contributed by atoms with E-state index in [1.165, 1.54) is 62.4 Å². The lowest BCUT2D eigenvalue weighted by Gasteiger charge is -2.11. The zero-order valence-electron chi connectivity index (χ0n) is 32.9. The Labute approximate surface area is 355 Å². The van der Waals surface area contributed by atoms with Crippen LogP contribution in [0, 0.1) is 0 Å². The van der Waals surface area contributed by atoms with Gasteiger partial charge in [-0.3, -0.25) is 0 Å². The molecule has 284 valence electrons. The number of hydrogen-bond acceptors (Lipinski definition) is 6. The van der Waals surface area contributed by atoms with Crippen molar-refractivity contribution in [3.63, 3.8) is 0 Å². The Bertz CT molecular complexity index is 3500.